The number of halogens is 2. The fourth-order valence-corrected chi connectivity index (χ4v) is 4.81. The van der Waals surface area contributed by atoms with E-state index in [1.807, 2.05) is 20.8 Å². The second-order valence-corrected chi connectivity index (χ2v) is 16.9. The van der Waals surface area contributed by atoms with Crippen LogP contribution in [0.2, 0.25) is 23.2 Å². The van der Waals surface area contributed by atoms with Crippen LogP contribution >= 0.6 is 11.6 Å². The van der Waals surface area contributed by atoms with E-state index in [1.165, 1.54) is 12.1 Å². The third kappa shape index (κ3) is 7.59. The SMILES string of the molecule is CC(C)(C)[S+]([O-])N[C@@H](Cc1cc(F)cc(Cl)c1)[C@@H](CO)O[Si](C)(C)C(C)(C)C. The molecule has 1 aromatic rings. The van der Waals surface area contributed by atoms with E-state index in [2.05, 4.69) is 38.6 Å². The summed E-state index contributed by atoms with van der Waals surface area (Å²) < 4.78 is 35.6. The van der Waals surface area contributed by atoms with Crippen molar-refractivity contribution in [2.24, 2.45) is 0 Å². The predicted molar refractivity (Wildman–Crippen MR) is 119 cm³/mol. The number of nitrogens with one attached hydrogen (secondary N) is 1. The van der Waals surface area contributed by atoms with Crippen LogP contribution in [0, 0.1) is 5.82 Å². The second-order valence-electron chi connectivity index (χ2n) is 9.69. The molecule has 2 N–H and O–H groups in total. The van der Waals surface area contributed by atoms with Gasteiger partial charge in [0.25, 0.3) is 0 Å². The summed E-state index contributed by atoms with van der Waals surface area (Å²) in [6, 6.07) is 3.87. The molecule has 4 nitrogen and oxygen atoms in total. The Morgan fingerprint density at radius 3 is 2.21 bits per heavy atom. The Labute approximate surface area is 178 Å². The summed E-state index contributed by atoms with van der Waals surface area (Å²) in [6.07, 6.45) is -0.242. The van der Waals surface area contributed by atoms with E-state index in [0.29, 0.717) is 17.0 Å². The molecule has 0 aromatic heterocycles. The van der Waals surface area contributed by atoms with Crippen LogP contribution in [0.15, 0.2) is 18.2 Å². The molecule has 0 heterocycles. The lowest BCUT2D eigenvalue weighted by Crippen LogP contribution is -2.56. The zero-order valence-corrected chi connectivity index (χ0v) is 20.8. The summed E-state index contributed by atoms with van der Waals surface area (Å²) in [5.74, 6) is -0.427. The zero-order chi connectivity index (χ0) is 21.9. The first-order chi connectivity index (χ1) is 12.6. The molecule has 1 unspecified atom stereocenters. The van der Waals surface area contributed by atoms with Gasteiger partial charge in [0.05, 0.1) is 18.8 Å². The molecule has 0 bridgehead atoms. The summed E-state index contributed by atoms with van der Waals surface area (Å²) in [6.45, 7) is 16.0. The molecule has 8 heteroatoms. The molecular weight excluding hydrogens is 417 g/mol. The summed E-state index contributed by atoms with van der Waals surface area (Å²) in [7, 11) is -2.19. The Hall–Kier alpha value is -0.153. The Morgan fingerprint density at radius 1 is 1.21 bits per heavy atom. The summed E-state index contributed by atoms with van der Waals surface area (Å²) >= 11 is 4.62. The van der Waals surface area contributed by atoms with Crippen LogP contribution in [-0.2, 0) is 22.2 Å². The maximum atomic E-state index is 13.8. The van der Waals surface area contributed by atoms with Crippen molar-refractivity contribution < 1.29 is 18.5 Å². The topological polar surface area (TPSA) is 64.5 Å². The third-order valence-electron chi connectivity index (χ3n) is 5.07. The van der Waals surface area contributed by atoms with Crippen molar-refractivity contribution in [3.05, 3.63) is 34.6 Å². The predicted octanol–water partition coefficient (Wildman–Crippen LogP) is 4.82. The van der Waals surface area contributed by atoms with E-state index in [1.54, 1.807) is 6.07 Å². The lowest BCUT2D eigenvalue weighted by Gasteiger charge is -2.41. The molecule has 3 atom stereocenters. The van der Waals surface area contributed by atoms with Crippen molar-refractivity contribution >= 4 is 31.3 Å². The normalized spacial score (nSPS) is 16.7. The van der Waals surface area contributed by atoms with Crippen molar-refractivity contribution in [2.75, 3.05) is 6.61 Å². The van der Waals surface area contributed by atoms with E-state index >= 15 is 0 Å². The first kappa shape index (κ1) is 25.9. The van der Waals surface area contributed by atoms with Gasteiger partial charge in [-0.25, -0.2) is 4.39 Å². The van der Waals surface area contributed by atoms with Crippen LogP contribution in [0.4, 0.5) is 4.39 Å². The number of hydrogen-bond donors (Lipinski definition) is 2. The van der Waals surface area contributed by atoms with Crippen LogP contribution in [0.25, 0.3) is 0 Å². The highest BCUT2D eigenvalue weighted by atomic mass is 35.5. The summed E-state index contributed by atoms with van der Waals surface area (Å²) in [5, 5.41) is 10.3. The fraction of sp³-hybridized carbons (Fsp3) is 0.700. The first-order valence-electron chi connectivity index (χ1n) is 9.48. The third-order valence-corrected chi connectivity index (χ3v) is 11.4. The lowest BCUT2D eigenvalue weighted by atomic mass is 10.0. The molecule has 0 fully saturated rings. The van der Waals surface area contributed by atoms with Gasteiger partial charge in [0.15, 0.2) is 8.32 Å². The molecule has 0 saturated carbocycles. The number of rotatable bonds is 8. The van der Waals surface area contributed by atoms with Gasteiger partial charge in [0.2, 0.25) is 0 Å². The molecule has 0 amide bonds. The largest absolute Gasteiger partial charge is 0.598 e. The molecular formula is C20H35ClFNO3SSi. The van der Waals surface area contributed by atoms with E-state index in [9.17, 15) is 14.0 Å². The Kier molecular flexibility index (Phi) is 9.03. The molecule has 0 aliphatic rings. The maximum absolute atomic E-state index is 13.8. The second kappa shape index (κ2) is 9.77. The van der Waals surface area contributed by atoms with Gasteiger partial charge in [-0.15, -0.1) is 4.72 Å². The highest BCUT2D eigenvalue weighted by Gasteiger charge is 2.42. The molecule has 162 valence electrons. The average Bonchev–Trinajstić information content (AvgIpc) is 2.48. The van der Waals surface area contributed by atoms with Crippen molar-refractivity contribution in [1.29, 1.82) is 0 Å². The molecule has 0 radical (unpaired) electrons. The van der Waals surface area contributed by atoms with Gasteiger partial charge >= 0.3 is 0 Å². The summed E-state index contributed by atoms with van der Waals surface area (Å²) in [5.41, 5.74) is 0.658. The molecule has 0 saturated heterocycles. The number of aliphatic hydroxyl groups is 1. The molecule has 0 aliphatic carbocycles. The van der Waals surface area contributed by atoms with Gasteiger partial charge in [-0.2, -0.15) is 0 Å². The number of hydrogen-bond acceptors (Lipinski definition) is 4. The van der Waals surface area contributed by atoms with Gasteiger partial charge in [0, 0.05) is 16.4 Å². The van der Waals surface area contributed by atoms with E-state index in [-0.39, 0.29) is 11.6 Å². The standard InChI is InChI=1S/C20H35ClFNO3SSi/c1-19(2,3)27(25)23-17(11-14-9-15(21)12-16(22)10-14)18(13-24)26-28(7,8)20(4,5)6/h9-10,12,17-18,23-24H,11,13H2,1-8H3/t17-,18+,27?/m0/s1. The van der Waals surface area contributed by atoms with Crippen LogP contribution in [0.3, 0.4) is 0 Å². The molecule has 1 rings (SSSR count). The smallest absolute Gasteiger partial charge is 0.192 e. The van der Waals surface area contributed by atoms with Gasteiger partial charge < -0.3 is 14.1 Å². The van der Waals surface area contributed by atoms with E-state index in [0.717, 1.165) is 0 Å². The van der Waals surface area contributed by atoms with Gasteiger partial charge in [-0.1, -0.05) is 32.4 Å². The fourth-order valence-electron chi connectivity index (χ4n) is 2.35. The number of benzene rings is 1. The quantitative estimate of drug-likeness (QED) is 0.439. The average molecular weight is 452 g/mol. The van der Waals surface area contributed by atoms with E-state index in [4.69, 9.17) is 16.0 Å². The minimum atomic E-state index is -2.19. The molecule has 0 spiro atoms. The van der Waals surface area contributed by atoms with E-state index < -0.39 is 42.4 Å². The minimum absolute atomic E-state index is 0.0453. The zero-order valence-electron chi connectivity index (χ0n) is 18.2. The highest BCUT2D eigenvalue weighted by Crippen LogP contribution is 2.38. The van der Waals surface area contributed by atoms with Crippen LogP contribution in [0.1, 0.15) is 47.1 Å². The first-order valence-corrected chi connectivity index (χ1v) is 13.9. The summed E-state index contributed by atoms with van der Waals surface area (Å²) in [4.78, 5) is 0. The molecule has 0 aliphatic heterocycles. The number of aliphatic hydroxyl groups excluding tert-OH is 1. The molecule has 28 heavy (non-hydrogen) atoms. The van der Waals surface area contributed by atoms with Crippen molar-refractivity contribution in [3.63, 3.8) is 0 Å². The van der Waals surface area contributed by atoms with Crippen LogP contribution in [0.5, 0.6) is 0 Å². The monoisotopic (exact) mass is 451 g/mol. The van der Waals surface area contributed by atoms with Gasteiger partial charge in [-0.3, -0.25) is 0 Å². The van der Waals surface area contributed by atoms with Crippen molar-refractivity contribution in [3.8, 4) is 0 Å². The maximum Gasteiger partial charge on any atom is 0.192 e. The Morgan fingerprint density at radius 2 is 1.79 bits per heavy atom. The van der Waals surface area contributed by atoms with Crippen molar-refractivity contribution in [2.45, 2.75) is 83.0 Å². The van der Waals surface area contributed by atoms with Crippen LogP contribution in [-0.4, -0.2) is 41.5 Å². The lowest BCUT2D eigenvalue weighted by molar-refractivity contribution is 0.0775. The van der Waals surface area contributed by atoms with Crippen molar-refractivity contribution in [1.82, 2.24) is 4.72 Å². The van der Waals surface area contributed by atoms with Crippen LogP contribution < -0.4 is 4.72 Å². The highest BCUT2D eigenvalue weighted by molar-refractivity contribution is 7.90. The Balaban J connectivity index is 3.19. The van der Waals surface area contributed by atoms with Gasteiger partial charge in [-0.05, 0) is 69.1 Å². The Bertz CT molecular complexity index is 629. The van der Waals surface area contributed by atoms with Gasteiger partial charge in [0.1, 0.15) is 10.6 Å². The molecule has 1 aromatic carbocycles. The minimum Gasteiger partial charge on any atom is -0.598 e.